The van der Waals surface area contributed by atoms with Crippen LogP contribution in [0.25, 0.3) is 0 Å². The molecule has 110 valence electrons. The summed E-state index contributed by atoms with van der Waals surface area (Å²) < 4.78 is 0. The van der Waals surface area contributed by atoms with Crippen LogP contribution in [0.15, 0.2) is 6.07 Å². The average Bonchev–Trinajstić information content (AvgIpc) is 3.22. The van der Waals surface area contributed by atoms with Crippen molar-refractivity contribution >= 4 is 11.6 Å². The van der Waals surface area contributed by atoms with Crippen LogP contribution < -0.4 is 10.2 Å². The molecule has 0 amide bonds. The zero-order valence-corrected chi connectivity index (χ0v) is 12.9. The fourth-order valence-corrected chi connectivity index (χ4v) is 3.09. The van der Waals surface area contributed by atoms with Crippen LogP contribution in [-0.2, 0) is 0 Å². The quantitative estimate of drug-likeness (QED) is 0.893. The first-order valence-corrected chi connectivity index (χ1v) is 8.07. The Labute approximate surface area is 122 Å². The molecule has 3 rings (SSSR count). The van der Waals surface area contributed by atoms with Crippen molar-refractivity contribution in [3.63, 3.8) is 0 Å². The van der Waals surface area contributed by atoms with E-state index in [1.54, 1.807) is 0 Å². The fraction of sp³-hybridized carbons (Fsp3) is 0.750. The van der Waals surface area contributed by atoms with Crippen LogP contribution >= 0.6 is 0 Å². The lowest BCUT2D eigenvalue weighted by molar-refractivity contribution is 0.625. The van der Waals surface area contributed by atoms with Gasteiger partial charge in [-0.05, 0) is 38.5 Å². The third-order valence-electron chi connectivity index (χ3n) is 4.31. The van der Waals surface area contributed by atoms with Gasteiger partial charge in [0.05, 0.1) is 0 Å². The van der Waals surface area contributed by atoms with Crippen molar-refractivity contribution in [3.8, 4) is 0 Å². The molecule has 2 fully saturated rings. The SMILES string of the molecule is CCCNc1cc(N2CC(C)CC2C)nc(C2CC2)n1. The third kappa shape index (κ3) is 2.89. The van der Waals surface area contributed by atoms with Gasteiger partial charge < -0.3 is 10.2 Å². The second kappa shape index (κ2) is 5.58. The second-order valence-corrected chi connectivity index (χ2v) is 6.51. The molecule has 2 aliphatic rings. The van der Waals surface area contributed by atoms with Crippen molar-refractivity contribution in [1.82, 2.24) is 9.97 Å². The first-order chi connectivity index (χ1) is 9.67. The molecular formula is C16H26N4. The van der Waals surface area contributed by atoms with E-state index in [-0.39, 0.29) is 0 Å². The third-order valence-corrected chi connectivity index (χ3v) is 4.31. The lowest BCUT2D eigenvalue weighted by Gasteiger charge is -2.23. The minimum absolute atomic E-state index is 0.589. The minimum atomic E-state index is 0.589. The normalized spacial score (nSPS) is 26.1. The highest BCUT2D eigenvalue weighted by Gasteiger charge is 2.31. The van der Waals surface area contributed by atoms with Crippen molar-refractivity contribution in [2.75, 3.05) is 23.3 Å². The van der Waals surface area contributed by atoms with Crippen LogP contribution in [0.2, 0.25) is 0 Å². The van der Waals surface area contributed by atoms with Gasteiger partial charge in [0.1, 0.15) is 17.5 Å². The van der Waals surface area contributed by atoms with Crippen LogP contribution in [0.3, 0.4) is 0 Å². The van der Waals surface area contributed by atoms with Gasteiger partial charge in [0, 0.05) is 31.1 Å². The summed E-state index contributed by atoms with van der Waals surface area (Å²) in [6, 6.07) is 2.72. The Morgan fingerprint density at radius 3 is 2.70 bits per heavy atom. The van der Waals surface area contributed by atoms with Crippen LogP contribution in [0, 0.1) is 5.92 Å². The summed E-state index contributed by atoms with van der Waals surface area (Å²) in [6.45, 7) is 8.92. The highest BCUT2D eigenvalue weighted by atomic mass is 15.2. The van der Waals surface area contributed by atoms with Gasteiger partial charge in [-0.25, -0.2) is 9.97 Å². The number of hydrogen-bond donors (Lipinski definition) is 1. The Bertz CT molecular complexity index is 470. The van der Waals surface area contributed by atoms with E-state index in [1.165, 1.54) is 19.3 Å². The predicted octanol–water partition coefficient (Wildman–Crippen LogP) is 3.41. The van der Waals surface area contributed by atoms with E-state index in [9.17, 15) is 0 Å². The number of nitrogens with one attached hydrogen (secondary N) is 1. The van der Waals surface area contributed by atoms with E-state index >= 15 is 0 Å². The molecule has 1 aliphatic carbocycles. The van der Waals surface area contributed by atoms with E-state index in [4.69, 9.17) is 9.97 Å². The Morgan fingerprint density at radius 2 is 2.10 bits per heavy atom. The molecule has 20 heavy (non-hydrogen) atoms. The van der Waals surface area contributed by atoms with E-state index in [0.29, 0.717) is 12.0 Å². The summed E-state index contributed by atoms with van der Waals surface area (Å²) in [5, 5.41) is 3.43. The maximum Gasteiger partial charge on any atom is 0.136 e. The number of anilines is 2. The highest BCUT2D eigenvalue weighted by molar-refractivity contribution is 5.51. The summed E-state index contributed by atoms with van der Waals surface area (Å²) >= 11 is 0. The van der Waals surface area contributed by atoms with Crippen molar-refractivity contribution in [1.29, 1.82) is 0 Å². The molecule has 1 aromatic rings. The molecule has 4 nitrogen and oxygen atoms in total. The smallest absolute Gasteiger partial charge is 0.136 e. The molecule has 1 saturated heterocycles. The molecule has 0 spiro atoms. The summed E-state index contributed by atoms with van der Waals surface area (Å²) in [7, 11) is 0. The van der Waals surface area contributed by atoms with Crippen molar-refractivity contribution in [2.45, 2.75) is 58.4 Å². The lowest BCUT2D eigenvalue weighted by Crippen LogP contribution is -2.28. The predicted molar refractivity (Wildman–Crippen MR) is 83.4 cm³/mol. The van der Waals surface area contributed by atoms with E-state index in [2.05, 4.69) is 37.1 Å². The molecule has 0 aromatic carbocycles. The molecule has 0 radical (unpaired) electrons. The summed E-state index contributed by atoms with van der Waals surface area (Å²) in [5.41, 5.74) is 0. The zero-order valence-electron chi connectivity index (χ0n) is 12.9. The van der Waals surface area contributed by atoms with Crippen LogP contribution in [0.4, 0.5) is 11.6 Å². The molecule has 0 bridgehead atoms. The van der Waals surface area contributed by atoms with E-state index in [0.717, 1.165) is 42.9 Å². The van der Waals surface area contributed by atoms with Gasteiger partial charge >= 0.3 is 0 Å². The molecule has 1 saturated carbocycles. The Hall–Kier alpha value is -1.32. The van der Waals surface area contributed by atoms with Gasteiger partial charge in [0.25, 0.3) is 0 Å². The lowest BCUT2D eigenvalue weighted by atomic mass is 10.1. The molecule has 1 N–H and O–H groups in total. The standard InChI is InChI=1S/C16H26N4/c1-4-7-17-14-9-15(19-16(18-14)13-5-6-13)20-10-11(2)8-12(20)3/h9,11-13H,4-8,10H2,1-3H3,(H,17,18,19). The Morgan fingerprint density at radius 1 is 1.30 bits per heavy atom. The number of aromatic nitrogens is 2. The molecule has 2 unspecified atom stereocenters. The fourth-order valence-electron chi connectivity index (χ4n) is 3.09. The van der Waals surface area contributed by atoms with Crippen molar-refractivity contribution in [2.24, 2.45) is 5.92 Å². The second-order valence-electron chi connectivity index (χ2n) is 6.51. The molecule has 1 aromatic heterocycles. The molecular weight excluding hydrogens is 248 g/mol. The minimum Gasteiger partial charge on any atom is -0.370 e. The summed E-state index contributed by atoms with van der Waals surface area (Å²) in [6.07, 6.45) is 4.89. The largest absolute Gasteiger partial charge is 0.370 e. The van der Waals surface area contributed by atoms with Gasteiger partial charge in [0.15, 0.2) is 0 Å². The maximum absolute atomic E-state index is 4.85. The van der Waals surface area contributed by atoms with Crippen LogP contribution in [0.1, 0.15) is 58.2 Å². The molecule has 2 atom stereocenters. The van der Waals surface area contributed by atoms with E-state index < -0.39 is 0 Å². The van der Waals surface area contributed by atoms with Gasteiger partial charge in [-0.15, -0.1) is 0 Å². The van der Waals surface area contributed by atoms with Crippen LogP contribution in [0.5, 0.6) is 0 Å². The summed E-state index contributed by atoms with van der Waals surface area (Å²) in [5.74, 6) is 4.54. The van der Waals surface area contributed by atoms with Crippen molar-refractivity contribution in [3.05, 3.63) is 11.9 Å². The number of hydrogen-bond acceptors (Lipinski definition) is 4. The van der Waals surface area contributed by atoms with Crippen LogP contribution in [-0.4, -0.2) is 29.1 Å². The first kappa shape index (κ1) is 13.7. The number of rotatable bonds is 5. The molecule has 1 aliphatic heterocycles. The summed E-state index contributed by atoms with van der Waals surface area (Å²) in [4.78, 5) is 12.0. The zero-order chi connectivity index (χ0) is 14.1. The highest BCUT2D eigenvalue weighted by Crippen LogP contribution is 2.39. The monoisotopic (exact) mass is 274 g/mol. The van der Waals surface area contributed by atoms with E-state index in [1.807, 2.05) is 0 Å². The Kier molecular flexibility index (Phi) is 3.81. The van der Waals surface area contributed by atoms with Gasteiger partial charge in [-0.2, -0.15) is 0 Å². The number of nitrogens with zero attached hydrogens (tertiary/aromatic N) is 3. The van der Waals surface area contributed by atoms with Gasteiger partial charge in [-0.3, -0.25) is 0 Å². The average molecular weight is 274 g/mol. The van der Waals surface area contributed by atoms with Gasteiger partial charge in [0.2, 0.25) is 0 Å². The van der Waals surface area contributed by atoms with Gasteiger partial charge in [-0.1, -0.05) is 13.8 Å². The topological polar surface area (TPSA) is 41.0 Å². The molecule has 2 heterocycles. The first-order valence-electron chi connectivity index (χ1n) is 8.07. The maximum atomic E-state index is 4.85. The molecule has 4 heteroatoms. The Balaban J connectivity index is 1.86. The van der Waals surface area contributed by atoms with Crippen molar-refractivity contribution < 1.29 is 0 Å².